The minimum atomic E-state index is -0.368. The van der Waals surface area contributed by atoms with Crippen LogP contribution in [0.2, 0.25) is 0 Å². The van der Waals surface area contributed by atoms with Crippen molar-refractivity contribution in [1.82, 2.24) is 15.2 Å². The number of benzene rings is 3. The molecule has 0 radical (unpaired) electrons. The molecule has 8 nitrogen and oxygen atoms in total. The summed E-state index contributed by atoms with van der Waals surface area (Å²) in [6.45, 7) is 0.483. The number of hydrogen-bond acceptors (Lipinski definition) is 4. The monoisotopic (exact) mass is 494 g/mol. The van der Waals surface area contributed by atoms with Crippen molar-refractivity contribution in [2.75, 3.05) is 21.3 Å². The summed E-state index contributed by atoms with van der Waals surface area (Å²) >= 11 is 1.51. The van der Waals surface area contributed by atoms with Crippen LogP contribution in [0.1, 0.15) is 5.56 Å². The predicted molar refractivity (Wildman–Crippen MR) is 143 cm³/mol. The molecule has 5 aromatic rings. The number of rotatable bonds is 5. The van der Waals surface area contributed by atoms with Gasteiger partial charge < -0.3 is 20.5 Å². The Morgan fingerprint density at radius 2 is 1.92 bits per heavy atom. The molecule has 178 valence electrons. The van der Waals surface area contributed by atoms with Crippen LogP contribution in [0.25, 0.3) is 22.2 Å². The first-order valence-corrected chi connectivity index (χ1v) is 12.4. The third-order valence-electron chi connectivity index (χ3n) is 6.09. The van der Waals surface area contributed by atoms with Gasteiger partial charge in [-0.2, -0.15) is 5.10 Å². The van der Waals surface area contributed by atoms with Gasteiger partial charge in [-0.1, -0.05) is 36.4 Å². The molecule has 0 unspecified atom stereocenters. The number of nitrogens with zero attached hydrogens (tertiary/aromatic N) is 2. The van der Waals surface area contributed by atoms with Crippen LogP contribution in [-0.4, -0.2) is 32.9 Å². The molecule has 0 fully saturated rings. The van der Waals surface area contributed by atoms with Gasteiger partial charge in [0, 0.05) is 39.4 Å². The number of nitrogens with one attached hydrogen (secondary N) is 4. The van der Waals surface area contributed by atoms with Crippen LogP contribution in [0.15, 0.2) is 90.1 Å². The fraction of sp³-hybridized carbons (Fsp3) is 0.0741. The quantitative estimate of drug-likeness (QED) is 0.246. The first-order valence-electron chi connectivity index (χ1n) is 11.4. The molecule has 9 heteroatoms. The second-order valence-corrected chi connectivity index (χ2v) is 9.47. The third-order valence-corrected chi connectivity index (χ3v) is 7.13. The van der Waals surface area contributed by atoms with E-state index in [0.29, 0.717) is 23.7 Å². The Morgan fingerprint density at radius 3 is 2.75 bits per heavy atom. The Bertz CT molecular complexity index is 1560. The summed E-state index contributed by atoms with van der Waals surface area (Å²) in [5.74, 6) is 0.443. The van der Waals surface area contributed by atoms with Crippen LogP contribution < -0.4 is 15.5 Å². The molecule has 3 amide bonds. The molecule has 0 spiro atoms. The average Bonchev–Trinajstić information content (AvgIpc) is 3.57. The van der Waals surface area contributed by atoms with Crippen molar-refractivity contribution in [3.63, 3.8) is 0 Å². The summed E-state index contributed by atoms with van der Waals surface area (Å²) < 4.78 is 0. The van der Waals surface area contributed by atoms with E-state index >= 15 is 0 Å². The van der Waals surface area contributed by atoms with Gasteiger partial charge in [0.2, 0.25) is 5.91 Å². The van der Waals surface area contributed by atoms with Crippen LogP contribution in [-0.2, 0) is 11.3 Å². The lowest BCUT2D eigenvalue weighted by Crippen LogP contribution is -2.34. The van der Waals surface area contributed by atoms with Crippen LogP contribution in [0, 0.1) is 0 Å². The first kappa shape index (κ1) is 22.0. The number of carbonyl (C=O) groups excluding carboxylic acids is 2. The van der Waals surface area contributed by atoms with Crippen molar-refractivity contribution >= 4 is 51.7 Å². The number of urea groups is 1. The van der Waals surface area contributed by atoms with E-state index in [1.54, 1.807) is 17.3 Å². The highest BCUT2D eigenvalue weighted by molar-refractivity contribution is 8.00. The van der Waals surface area contributed by atoms with Crippen molar-refractivity contribution in [2.45, 2.75) is 11.4 Å². The number of amides is 3. The van der Waals surface area contributed by atoms with Crippen LogP contribution in [0.3, 0.4) is 0 Å². The van der Waals surface area contributed by atoms with Gasteiger partial charge in [-0.25, -0.2) is 4.79 Å². The summed E-state index contributed by atoms with van der Waals surface area (Å²) in [7, 11) is 0. The Morgan fingerprint density at radius 1 is 1.03 bits per heavy atom. The van der Waals surface area contributed by atoms with Crippen molar-refractivity contribution in [3.8, 4) is 11.3 Å². The molecular weight excluding hydrogens is 472 g/mol. The normalized spacial score (nSPS) is 13.0. The highest BCUT2D eigenvalue weighted by Gasteiger charge is 2.25. The molecule has 0 bridgehead atoms. The van der Waals surface area contributed by atoms with Crippen molar-refractivity contribution < 1.29 is 9.59 Å². The largest absolute Gasteiger partial charge is 0.359 e. The molecule has 0 saturated carbocycles. The molecule has 3 aromatic carbocycles. The van der Waals surface area contributed by atoms with Crippen molar-refractivity contribution in [3.05, 3.63) is 90.8 Å². The Labute approximate surface area is 211 Å². The number of anilines is 3. The second kappa shape index (κ2) is 9.27. The summed E-state index contributed by atoms with van der Waals surface area (Å²) in [5.41, 5.74) is 5.90. The molecule has 0 atom stereocenters. The SMILES string of the molecule is O=C(Nc1ccc2c(c1)N(Cc1ccccc1)C(=O)CS2)Nc1c[nH]c2ccc(-c3ccn[nH]3)cc12. The van der Waals surface area contributed by atoms with E-state index in [1.165, 1.54) is 11.8 Å². The lowest BCUT2D eigenvalue weighted by Gasteiger charge is -2.29. The average molecular weight is 495 g/mol. The molecule has 2 aromatic heterocycles. The predicted octanol–water partition coefficient (Wildman–Crippen LogP) is 5.84. The van der Waals surface area contributed by atoms with Gasteiger partial charge in [0.25, 0.3) is 0 Å². The minimum Gasteiger partial charge on any atom is -0.359 e. The maximum Gasteiger partial charge on any atom is 0.323 e. The fourth-order valence-electron chi connectivity index (χ4n) is 4.31. The number of aromatic nitrogens is 3. The summed E-state index contributed by atoms with van der Waals surface area (Å²) in [6.07, 6.45) is 3.47. The van der Waals surface area contributed by atoms with E-state index in [0.717, 1.165) is 38.3 Å². The van der Waals surface area contributed by atoms with Gasteiger partial charge in [0.15, 0.2) is 0 Å². The topological polar surface area (TPSA) is 106 Å². The Kier molecular flexibility index (Phi) is 5.67. The van der Waals surface area contributed by atoms with Crippen molar-refractivity contribution in [1.29, 1.82) is 0 Å². The fourth-order valence-corrected chi connectivity index (χ4v) is 5.23. The van der Waals surface area contributed by atoms with Gasteiger partial charge in [0.1, 0.15) is 0 Å². The van der Waals surface area contributed by atoms with E-state index in [-0.39, 0.29) is 11.9 Å². The van der Waals surface area contributed by atoms with Crippen LogP contribution in [0.5, 0.6) is 0 Å². The second-order valence-electron chi connectivity index (χ2n) is 8.45. The number of aromatic amines is 2. The van der Waals surface area contributed by atoms with Crippen LogP contribution >= 0.6 is 11.8 Å². The molecule has 1 aliphatic heterocycles. The molecule has 3 heterocycles. The van der Waals surface area contributed by atoms with Gasteiger partial charge in [0.05, 0.1) is 29.4 Å². The smallest absolute Gasteiger partial charge is 0.323 e. The zero-order chi connectivity index (χ0) is 24.5. The van der Waals surface area contributed by atoms with Gasteiger partial charge >= 0.3 is 6.03 Å². The molecule has 0 saturated heterocycles. The van der Waals surface area contributed by atoms with Crippen molar-refractivity contribution in [2.24, 2.45) is 0 Å². The van der Waals surface area contributed by atoms with E-state index in [9.17, 15) is 9.59 Å². The van der Waals surface area contributed by atoms with E-state index < -0.39 is 0 Å². The summed E-state index contributed by atoms with van der Waals surface area (Å²) in [6, 6.07) is 23.0. The number of carbonyl (C=O) groups is 2. The number of thioether (sulfide) groups is 1. The zero-order valence-electron chi connectivity index (χ0n) is 19.1. The molecule has 0 aliphatic carbocycles. The first-order chi connectivity index (χ1) is 17.6. The van der Waals surface area contributed by atoms with Gasteiger partial charge in [-0.15, -0.1) is 11.8 Å². The summed E-state index contributed by atoms with van der Waals surface area (Å²) in [4.78, 5) is 31.6. The molecule has 6 rings (SSSR count). The minimum absolute atomic E-state index is 0.0461. The van der Waals surface area contributed by atoms with Crippen LogP contribution in [0.4, 0.5) is 21.9 Å². The van der Waals surface area contributed by atoms with Gasteiger partial charge in [-0.3, -0.25) is 9.89 Å². The highest BCUT2D eigenvalue weighted by atomic mass is 32.2. The zero-order valence-corrected chi connectivity index (χ0v) is 19.9. The standard InChI is InChI=1S/C27H22N6O2S/c34-26-16-36-25-9-7-19(13-24(25)33(26)15-17-4-2-1-3-5-17)30-27(35)31-23-14-28-22-8-6-18(12-20(22)23)21-10-11-29-32-21/h1-14,28H,15-16H2,(H,29,32)(H2,30,31,35). The molecule has 36 heavy (non-hydrogen) atoms. The lowest BCUT2D eigenvalue weighted by molar-refractivity contribution is -0.116. The van der Waals surface area contributed by atoms with E-state index in [2.05, 4.69) is 25.8 Å². The molecule has 1 aliphatic rings. The van der Waals surface area contributed by atoms with E-state index in [1.807, 2.05) is 72.8 Å². The Balaban J connectivity index is 1.22. The number of hydrogen-bond donors (Lipinski definition) is 4. The molecular formula is C27H22N6O2S. The lowest BCUT2D eigenvalue weighted by atomic mass is 10.1. The number of H-pyrrole nitrogens is 2. The van der Waals surface area contributed by atoms with Gasteiger partial charge in [-0.05, 0) is 42.0 Å². The Hall–Kier alpha value is -4.50. The maximum absolute atomic E-state index is 12.9. The number of fused-ring (bicyclic) bond motifs is 2. The van der Waals surface area contributed by atoms with E-state index in [4.69, 9.17) is 0 Å². The summed E-state index contributed by atoms with van der Waals surface area (Å²) in [5, 5.41) is 13.7. The highest BCUT2D eigenvalue weighted by Crippen LogP contribution is 2.38. The maximum atomic E-state index is 12.9. The third kappa shape index (κ3) is 4.32. The molecule has 4 N–H and O–H groups in total.